The van der Waals surface area contributed by atoms with Gasteiger partial charge in [-0.1, -0.05) is 25.1 Å². The summed E-state index contributed by atoms with van der Waals surface area (Å²) >= 11 is 0. The van der Waals surface area contributed by atoms with Gasteiger partial charge in [0.15, 0.2) is 0 Å². The highest BCUT2D eigenvalue weighted by molar-refractivity contribution is 5.69. The number of para-hydroxylation sites is 1. The van der Waals surface area contributed by atoms with Gasteiger partial charge < -0.3 is 19.1 Å². The van der Waals surface area contributed by atoms with E-state index in [0.29, 0.717) is 37.5 Å². The minimum absolute atomic E-state index is 0.0466. The van der Waals surface area contributed by atoms with Crippen LogP contribution < -0.4 is 9.47 Å². The summed E-state index contributed by atoms with van der Waals surface area (Å²) in [5, 5.41) is 0. The first-order chi connectivity index (χ1) is 14.8. The number of aromatic nitrogens is 1. The molecule has 0 N–H and O–H groups in total. The summed E-state index contributed by atoms with van der Waals surface area (Å²) in [4.78, 5) is 18.4. The molecule has 1 saturated heterocycles. The van der Waals surface area contributed by atoms with Crippen molar-refractivity contribution in [2.24, 2.45) is 11.8 Å². The van der Waals surface area contributed by atoms with Gasteiger partial charge in [0.05, 0.1) is 18.8 Å². The molecule has 2 heterocycles. The fraction of sp³-hybridized carbons (Fsp3) is 0.520. The van der Waals surface area contributed by atoms with Gasteiger partial charge in [-0.05, 0) is 62.8 Å². The van der Waals surface area contributed by atoms with E-state index in [1.165, 1.54) is 5.56 Å². The molecular formula is C25H32N2O4. The number of hydrogen-bond acceptors (Lipinski definition) is 5. The Morgan fingerprint density at radius 2 is 1.84 bits per heavy atom. The van der Waals surface area contributed by atoms with Crippen molar-refractivity contribution < 1.29 is 19.0 Å². The monoisotopic (exact) mass is 424 g/mol. The van der Waals surface area contributed by atoms with E-state index in [1.54, 1.807) is 11.1 Å². The number of nitrogens with zero attached hydrogens (tertiary/aromatic N) is 2. The quantitative estimate of drug-likeness (QED) is 0.633. The molecule has 0 bridgehead atoms. The van der Waals surface area contributed by atoms with Crippen LogP contribution in [0.4, 0.5) is 4.79 Å². The Labute approximate surface area is 184 Å². The Balaban J connectivity index is 1.28. The second kappa shape index (κ2) is 8.77. The maximum absolute atomic E-state index is 12.3. The molecule has 0 unspecified atom stereocenters. The molecule has 6 nitrogen and oxygen atoms in total. The van der Waals surface area contributed by atoms with Gasteiger partial charge in [-0.3, -0.25) is 4.98 Å². The fourth-order valence-corrected chi connectivity index (χ4v) is 4.13. The third-order valence-corrected chi connectivity index (χ3v) is 6.08. The van der Waals surface area contributed by atoms with E-state index in [-0.39, 0.29) is 12.1 Å². The molecule has 4 rings (SSSR count). The van der Waals surface area contributed by atoms with Crippen molar-refractivity contribution in [3.8, 4) is 11.5 Å². The van der Waals surface area contributed by atoms with Gasteiger partial charge in [0.2, 0.25) is 0 Å². The van der Waals surface area contributed by atoms with Crippen LogP contribution in [0.15, 0.2) is 48.8 Å². The van der Waals surface area contributed by atoms with Crippen molar-refractivity contribution in [2.45, 2.75) is 51.7 Å². The van der Waals surface area contributed by atoms with Crippen molar-refractivity contribution in [3.05, 3.63) is 54.4 Å². The number of benzene rings is 1. The van der Waals surface area contributed by atoms with Gasteiger partial charge in [-0.15, -0.1) is 0 Å². The van der Waals surface area contributed by atoms with E-state index < -0.39 is 5.60 Å². The van der Waals surface area contributed by atoms with Crippen molar-refractivity contribution in [1.29, 1.82) is 0 Å². The number of amides is 1. The minimum atomic E-state index is -0.488. The number of likely N-dealkylation sites (tertiary alicyclic amines) is 1. The number of hydrogen-bond donors (Lipinski definition) is 0. The molecule has 1 aromatic heterocycles. The summed E-state index contributed by atoms with van der Waals surface area (Å²) in [5.41, 5.74) is 0.696. The summed E-state index contributed by atoms with van der Waals surface area (Å²) in [6.45, 7) is 9.76. The van der Waals surface area contributed by atoms with E-state index >= 15 is 0 Å². The lowest BCUT2D eigenvalue weighted by Crippen LogP contribution is -2.55. The van der Waals surface area contributed by atoms with E-state index in [1.807, 2.05) is 57.3 Å². The summed E-state index contributed by atoms with van der Waals surface area (Å²) in [7, 11) is 0. The average molecular weight is 425 g/mol. The standard InChI is InChI=1S/C25H32N2O4/c1-17-22(16-30-20-8-6-5-7-9-20)23(17)18-12-21(14-26-13-18)29-15-19-10-11-27(19)24(28)31-25(2,3)4/h5-9,12-14,17,19,22-23H,10-11,15-16H2,1-4H3/t17-,19-,22-,23+/m0/s1. The fourth-order valence-electron chi connectivity index (χ4n) is 4.13. The molecule has 0 spiro atoms. The molecule has 1 aliphatic heterocycles. The van der Waals surface area contributed by atoms with E-state index in [0.717, 1.165) is 17.9 Å². The lowest BCUT2D eigenvalue weighted by Gasteiger charge is -2.40. The molecule has 1 amide bonds. The van der Waals surface area contributed by atoms with E-state index in [4.69, 9.17) is 14.2 Å². The second-order valence-corrected chi connectivity index (χ2v) is 9.55. The Morgan fingerprint density at radius 1 is 1.10 bits per heavy atom. The van der Waals surface area contributed by atoms with Crippen LogP contribution in [0.3, 0.4) is 0 Å². The van der Waals surface area contributed by atoms with Crippen molar-refractivity contribution >= 4 is 6.09 Å². The zero-order chi connectivity index (χ0) is 22.0. The van der Waals surface area contributed by atoms with Gasteiger partial charge in [0.25, 0.3) is 0 Å². The predicted octanol–water partition coefficient (Wildman–Crippen LogP) is 4.90. The van der Waals surface area contributed by atoms with Crippen LogP contribution in [0.25, 0.3) is 0 Å². The van der Waals surface area contributed by atoms with Crippen LogP contribution in [0, 0.1) is 11.8 Å². The van der Waals surface area contributed by atoms with Gasteiger partial charge in [-0.2, -0.15) is 0 Å². The molecule has 0 radical (unpaired) electrons. The lowest BCUT2D eigenvalue weighted by molar-refractivity contribution is -0.0141. The average Bonchev–Trinajstić information content (AvgIpc) is 3.34. The molecule has 2 aliphatic rings. The van der Waals surface area contributed by atoms with Crippen molar-refractivity contribution in [3.63, 3.8) is 0 Å². The summed E-state index contributed by atoms with van der Waals surface area (Å²) in [6.07, 6.45) is 4.31. The van der Waals surface area contributed by atoms with E-state index in [2.05, 4.69) is 18.0 Å². The third kappa shape index (κ3) is 5.30. The van der Waals surface area contributed by atoms with Crippen LogP contribution in [-0.4, -0.2) is 47.4 Å². The molecular weight excluding hydrogens is 392 g/mol. The number of rotatable bonds is 7. The lowest BCUT2D eigenvalue weighted by atomic mass is 10.1. The van der Waals surface area contributed by atoms with Gasteiger partial charge in [0, 0.05) is 18.7 Å². The zero-order valence-electron chi connectivity index (χ0n) is 18.8. The Hall–Kier alpha value is -2.76. The van der Waals surface area contributed by atoms with Crippen molar-refractivity contribution in [2.75, 3.05) is 19.8 Å². The summed E-state index contributed by atoms with van der Waals surface area (Å²) in [5.74, 6) is 3.12. The normalized spacial score (nSPS) is 24.8. The number of ether oxygens (including phenoxy) is 3. The number of pyridine rings is 1. The first-order valence-corrected chi connectivity index (χ1v) is 11.1. The molecule has 2 aromatic rings. The molecule has 166 valence electrons. The third-order valence-electron chi connectivity index (χ3n) is 6.08. The molecule has 2 fully saturated rings. The molecule has 1 aliphatic carbocycles. The SMILES string of the molecule is C[C@H]1[C@H](COc2ccccc2)[C@H]1c1cncc(OC[C@@H]2CCN2C(=O)OC(C)(C)C)c1. The topological polar surface area (TPSA) is 60.9 Å². The Bertz CT molecular complexity index is 896. The zero-order valence-corrected chi connectivity index (χ0v) is 18.8. The highest BCUT2D eigenvalue weighted by Crippen LogP contribution is 2.54. The van der Waals surface area contributed by atoms with Gasteiger partial charge in [-0.25, -0.2) is 4.79 Å². The van der Waals surface area contributed by atoms with Crippen molar-refractivity contribution in [1.82, 2.24) is 9.88 Å². The van der Waals surface area contributed by atoms with Gasteiger partial charge in [0.1, 0.15) is 23.7 Å². The molecule has 6 heteroatoms. The largest absolute Gasteiger partial charge is 0.493 e. The molecule has 1 aromatic carbocycles. The van der Waals surface area contributed by atoms with Crippen LogP contribution in [0.1, 0.15) is 45.6 Å². The Kier molecular flexibility index (Phi) is 6.08. The molecule has 31 heavy (non-hydrogen) atoms. The maximum atomic E-state index is 12.3. The first-order valence-electron chi connectivity index (χ1n) is 11.1. The maximum Gasteiger partial charge on any atom is 0.410 e. The van der Waals surface area contributed by atoms with E-state index in [9.17, 15) is 4.79 Å². The minimum Gasteiger partial charge on any atom is -0.493 e. The van der Waals surface area contributed by atoms with Crippen LogP contribution >= 0.6 is 0 Å². The van der Waals surface area contributed by atoms with Crippen LogP contribution in [-0.2, 0) is 4.74 Å². The number of carbonyl (C=O) groups excluding carboxylic acids is 1. The summed E-state index contributed by atoms with van der Waals surface area (Å²) < 4.78 is 17.4. The van der Waals surface area contributed by atoms with Crippen LogP contribution in [0.2, 0.25) is 0 Å². The highest BCUT2D eigenvalue weighted by atomic mass is 16.6. The molecule has 4 atom stereocenters. The predicted molar refractivity (Wildman–Crippen MR) is 118 cm³/mol. The Morgan fingerprint density at radius 3 is 2.52 bits per heavy atom. The van der Waals surface area contributed by atoms with Gasteiger partial charge >= 0.3 is 6.09 Å². The number of carbonyl (C=O) groups is 1. The van der Waals surface area contributed by atoms with Crippen LogP contribution in [0.5, 0.6) is 11.5 Å². The smallest absolute Gasteiger partial charge is 0.410 e. The molecule has 1 saturated carbocycles. The summed E-state index contributed by atoms with van der Waals surface area (Å²) in [6, 6.07) is 12.1. The highest BCUT2D eigenvalue weighted by Gasteiger charge is 2.48. The first kappa shape index (κ1) is 21.5. The second-order valence-electron chi connectivity index (χ2n) is 9.55.